The molecule has 0 fully saturated rings. The molecule has 4 aromatic rings. The summed E-state index contributed by atoms with van der Waals surface area (Å²) in [5, 5.41) is 11.6. The van der Waals surface area contributed by atoms with Crippen LogP contribution in [0.2, 0.25) is 5.02 Å². The molecule has 0 bridgehead atoms. The summed E-state index contributed by atoms with van der Waals surface area (Å²) < 4.78 is 33.4. The Balaban J connectivity index is 1.52. The number of aryl methyl sites for hydroxylation is 1. The Labute approximate surface area is 205 Å². The molecule has 8 nitrogen and oxygen atoms in total. The van der Waals surface area contributed by atoms with Crippen LogP contribution in [0.5, 0.6) is 5.75 Å². The van der Waals surface area contributed by atoms with Gasteiger partial charge in [-0.15, -0.1) is 10.2 Å². The van der Waals surface area contributed by atoms with E-state index < -0.39 is 15.9 Å². The van der Waals surface area contributed by atoms with Crippen LogP contribution in [0, 0.1) is 6.92 Å². The summed E-state index contributed by atoms with van der Waals surface area (Å²) in [6, 6.07) is 18.2. The van der Waals surface area contributed by atoms with Crippen LogP contribution < -0.4 is 14.8 Å². The van der Waals surface area contributed by atoms with Crippen molar-refractivity contribution >= 4 is 49.7 Å². The van der Waals surface area contributed by atoms with Gasteiger partial charge in [-0.1, -0.05) is 40.6 Å². The zero-order valence-corrected chi connectivity index (χ0v) is 20.5. The second-order valence-electron chi connectivity index (χ2n) is 7.21. The number of aromatic nitrogens is 2. The highest BCUT2D eigenvalue weighted by molar-refractivity contribution is 7.92. The molecule has 4 rings (SSSR count). The molecule has 11 heteroatoms. The lowest BCUT2D eigenvalue weighted by molar-refractivity contribution is 0.102. The van der Waals surface area contributed by atoms with Gasteiger partial charge >= 0.3 is 0 Å². The number of benzene rings is 3. The van der Waals surface area contributed by atoms with Crippen molar-refractivity contribution in [3.8, 4) is 16.3 Å². The fraction of sp³-hybridized carbons (Fsp3) is 0.0870. The van der Waals surface area contributed by atoms with Crippen LogP contribution in [0.3, 0.4) is 0 Å². The minimum atomic E-state index is -4.02. The topological polar surface area (TPSA) is 110 Å². The standard InChI is InChI=1S/C23H19ClN4O4S2/c1-14-3-8-17(9-4-14)28-34(30,31)20-13-16(7-12-19(20)24)21(29)25-23-27-26-22(33-23)15-5-10-18(32-2)11-6-15/h3-13,28H,1-2H3,(H,25,27,29). The maximum absolute atomic E-state index is 12.9. The van der Waals surface area contributed by atoms with E-state index in [2.05, 4.69) is 20.2 Å². The van der Waals surface area contributed by atoms with Gasteiger partial charge in [0.1, 0.15) is 15.7 Å². The van der Waals surface area contributed by atoms with Gasteiger partial charge in [-0.2, -0.15) is 0 Å². The predicted molar refractivity (Wildman–Crippen MR) is 133 cm³/mol. The summed E-state index contributed by atoms with van der Waals surface area (Å²) in [5.41, 5.74) is 2.30. The number of ether oxygens (including phenoxy) is 1. The number of methoxy groups -OCH3 is 1. The molecule has 0 saturated carbocycles. The Kier molecular flexibility index (Phi) is 6.82. The van der Waals surface area contributed by atoms with Gasteiger partial charge in [-0.25, -0.2) is 8.42 Å². The van der Waals surface area contributed by atoms with Gasteiger partial charge in [0.25, 0.3) is 15.9 Å². The zero-order valence-electron chi connectivity index (χ0n) is 18.1. The minimum absolute atomic E-state index is 0.00568. The molecule has 34 heavy (non-hydrogen) atoms. The third kappa shape index (κ3) is 5.36. The number of halogens is 1. The van der Waals surface area contributed by atoms with E-state index in [0.717, 1.165) is 11.1 Å². The van der Waals surface area contributed by atoms with Crippen molar-refractivity contribution in [1.82, 2.24) is 10.2 Å². The summed E-state index contributed by atoms with van der Waals surface area (Å²) in [6.45, 7) is 1.90. The van der Waals surface area contributed by atoms with Gasteiger partial charge in [0.2, 0.25) is 5.13 Å². The summed E-state index contributed by atoms with van der Waals surface area (Å²) in [5.74, 6) is 0.174. The molecule has 0 aliphatic carbocycles. The number of hydrogen-bond acceptors (Lipinski definition) is 7. The van der Waals surface area contributed by atoms with Crippen LogP contribution >= 0.6 is 22.9 Å². The van der Waals surface area contributed by atoms with Crippen LogP contribution in [0.25, 0.3) is 10.6 Å². The van der Waals surface area contributed by atoms with E-state index in [9.17, 15) is 13.2 Å². The number of carbonyl (C=O) groups excluding carboxylic acids is 1. The lowest BCUT2D eigenvalue weighted by Gasteiger charge is -2.11. The van der Waals surface area contributed by atoms with E-state index in [4.69, 9.17) is 16.3 Å². The Bertz CT molecular complexity index is 1440. The predicted octanol–water partition coefficient (Wildman–Crippen LogP) is 5.23. The van der Waals surface area contributed by atoms with E-state index >= 15 is 0 Å². The highest BCUT2D eigenvalue weighted by Crippen LogP contribution is 2.29. The number of hydrogen-bond donors (Lipinski definition) is 2. The summed E-state index contributed by atoms with van der Waals surface area (Å²) in [7, 11) is -2.44. The number of anilines is 2. The summed E-state index contributed by atoms with van der Waals surface area (Å²) >= 11 is 7.34. The fourth-order valence-corrected chi connectivity index (χ4v) is 5.31. The molecular weight excluding hydrogens is 496 g/mol. The SMILES string of the molecule is COc1ccc(-c2nnc(NC(=O)c3ccc(Cl)c(S(=O)(=O)Nc4ccc(C)cc4)c3)s2)cc1. The van der Waals surface area contributed by atoms with Crippen LogP contribution in [-0.2, 0) is 10.0 Å². The monoisotopic (exact) mass is 514 g/mol. The third-order valence-electron chi connectivity index (χ3n) is 4.77. The lowest BCUT2D eigenvalue weighted by atomic mass is 10.2. The number of nitrogens with zero attached hydrogens (tertiary/aromatic N) is 2. The molecule has 174 valence electrons. The molecule has 0 spiro atoms. The maximum atomic E-state index is 12.9. The van der Waals surface area contributed by atoms with Crippen LogP contribution in [-0.4, -0.2) is 31.6 Å². The van der Waals surface area contributed by atoms with E-state index in [1.165, 1.54) is 29.5 Å². The average molecular weight is 515 g/mol. The highest BCUT2D eigenvalue weighted by atomic mass is 35.5. The molecule has 1 heterocycles. The molecule has 0 aliphatic rings. The van der Waals surface area contributed by atoms with Crippen molar-refractivity contribution in [2.45, 2.75) is 11.8 Å². The molecule has 0 unspecified atom stereocenters. The van der Waals surface area contributed by atoms with Crippen molar-refractivity contribution in [2.24, 2.45) is 0 Å². The normalized spacial score (nSPS) is 11.1. The fourth-order valence-electron chi connectivity index (χ4n) is 2.98. The van der Waals surface area contributed by atoms with Gasteiger partial charge in [0.05, 0.1) is 12.1 Å². The Morgan fingerprint density at radius 1 is 1.00 bits per heavy atom. The molecule has 0 atom stereocenters. The largest absolute Gasteiger partial charge is 0.497 e. The van der Waals surface area contributed by atoms with E-state index in [0.29, 0.717) is 16.4 Å². The van der Waals surface area contributed by atoms with Crippen LogP contribution in [0.1, 0.15) is 15.9 Å². The molecule has 0 saturated heterocycles. The second-order valence-corrected chi connectivity index (χ2v) is 10.2. The third-order valence-corrected chi connectivity index (χ3v) is 7.52. The molecule has 1 amide bonds. The first-order chi connectivity index (χ1) is 16.2. The molecule has 0 radical (unpaired) electrons. The number of nitrogens with one attached hydrogen (secondary N) is 2. The zero-order chi connectivity index (χ0) is 24.3. The van der Waals surface area contributed by atoms with Gasteiger partial charge < -0.3 is 4.74 Å². The first kappa shape index (κ1) is 23.7. The number of amides is 1. The Morgan fingerprint density at radius 2 is 1.71 bits per heavy atom. The summed E-state index contributed by atoms with van der Waals surface area (Å²) in [6.07, 6.45) is 0. The van der Waals surface area contributed by atoms with Crippen molar-refractivity contribution in [3.63, 3.8) is 0 Å². The van der Waals surface area contributed by atoms with Crippen LogP contribution in [0.4, 0.5) is 10.8 Å². The van der Waals surface area contributed by atoms with Crippen molar-refractivity contribution < 1.29 is 17.9 Å². The molecule has 2 N–H and O–H groups in total. The average Bonchev–Trinajstić information content (AvgIpc) is 3.29. The van der Waals surface area contributed by atoms with E-state index in [1.807, 2.05) is 19.1 Å². The van der Waals surface area contributed by atoms with Gasteiger partial charge in [-0.05, 0) is 61.5 Å². The smallest absolute Gasteiger partial charge is 0.263 e. The molecule has 1 aromatic heterocycles. The Morgan fingerprint density at radius 3 is 2.38 bits per heavy atom. The van der Waals surface area contributed by atoms with Gasteiger partial charge in [0, 0.05) is 16.8 Å². The molecule has 3 aromatic carbocycles. The number of rotatable bonds is 7. The lowest BCUT2D eigenvalue weighted by Crippen LogP contribution is -2.16. The second kappa shape index (κ2) is 9.80. The van der Waals surface area contributed by atoms with E-state index in [1.54, 1.807) is 43.5 Å². The van der Waals surface area contributed by atoms with Crippen molar-refractivity contribution in [2.75, 3.05) is 17.1 Å². The number of sulfonamides is 1. The van der Waals surface area contributed by atoms with E-state index in [-0.39, 0.29) is 20.6 Å². The van der Waals surface area contributed by atoms with Crippen LogP contribution in [0.15, 0.2) is 71.6 Å². The number of carbonyl (C=O) groups is 1. The van der Waals surface area contributed by atoms with Gasteiger partial charge in [-0.3, -0.25) is 14.8 Å². The first-order valence-corrected chi connectivity index (χ1v) is 12.6. The summed E-state index contributed by atoms with van der Waals surface area (Å²) in [4.78, 5) is 12.6. The molecule has 0 aliphatic heterocycles. The van der Waals surface area contributed by atoms with Crippen molar-refractivity contribution in [1.29, 1.82) is 0 Å². The van der Waals surface area contributed by atoms with Gasteiger partial charge in [0.15, 0.2) is 0 Å². The maximum Gasteiger partial charge on any atom is 0.263 e. The van der Waals surface area contributed by atoms with Crippen molar-refractivity contribution in [3.05, 3.63) is 82.9 Å². The minimum Gasteiger partial charge on any atom is -0.497 e. The quantitative estimate of drug-likeness (QED) is 0.349. The highest BCUT2D eigenvalue weighted by Gasteiger charge is 2.21. The first-order valence-electron chi connectivity index (χ1n) is 9.93. The Hall–Kier alpha value is -3.47. The molecular formula is C23H19ClN4O4S2.